The molecule has 0 aliphatic carbocycles. The molecule has 4 atom stereocenters. The quantitative estimate of drug-likeness (QED) is 0.388. The Bertz CT molecular complexity index is 668. The van der Waals surface area contributed by atoms with Gasteiger partial charge in [0.15, 0.2) is 0 Å². The van der Waals surface area contributed by atoms with Gasteiger partial charge in [-0.3, -0.25) is 9.59 Å². The van der Waals surface area contributed by atoms with Gasteiger partial charge in [-0.2, -0.15) is 0 Å². The molecule has 140 valence electrons. The van der Waals surface area contributed by atoms with Crippen LogP contribution in [0.1, 0.15) is 76.3 Å². The Balaban J connectivity index is 1.82. The summed E-state index contributed by atoms with van der Waals surface area (Å²) in [5, 5.41) is 0. The fourth-order valence-corrected chi connectivity index (χ4v) is 5.49. The number of unbranched alkanes of at least 4 members (excludes halogenated alkanes) is 4. The number of carbonyl (C=O) groups is 2. The van der Waals surface area contributed by atoms with Crippen molar-refractivity contribution in [1.82, 2.24) is 0 Å². The molecule has 0 saturated carbocycles. The van der Waals surface area contributed by atoms with E-state index in [2.05, 4.69) is 26.0 Å². The molecule has 0 N–H and O–H groups in total. The van der Waals surface area contributed by atoms with E-state index in [-0.39, 0.29) is 11.9 Å². The van der Waals surface area contributed by atoms with E-state index in [9.17, 15) is 9.59 Å². The predicted octanol–water partition coefficient (Wildman–Crippen LogP) is 4.60. The number of rotatable bonds is 8. The van der Waals surface area contributed by atoms with E-state index in [0.29, 0.717) is 0 Å². The lowest BCUT2D eigenvalue weighted by Crippen LogP contribution is -2.41. The first-order valence-electron chi connectivity index (χ1n) is 10.2. The van der Waals surface area contributed by atoms with E-state index in [1.54, 1.807) is 0 Å². The van der Waals surface area contributed by atoms with Crippen molar-refractivity contribution in [2.75, 3.05) is 0 Å². The Morgan fingerprint density at radius 3 is 1.69 bits per heavy atom. The molecule has 0 amide bonds. The lowest BCUT2D eigenvalue weighted by atomic mass is 9.62. The maximum Gasteiger partial charge on any atom is 0.320 e. The number of carbonyl (C=O) groups excluding carboxylic acids is 2. The first-order chi connectivity index (χ1) is 12.6. The van der Waals surface area contributed by atoms with Crippen molar-refractivity contribution in [3.05, 3.63) is 35.4 Å². The number of fused-ring (bicyclic) bond motifs is 8. The maximum absolute atomic E-state index is 12.7. The van der Waals surface area contributed by atoms with Crippen molar-refractivity contribution in [2.24, 2.45) is 11.8 Å². The highest BCUT2D eigenvalue weighted by Crippen LogP contribution is 2.69. The number of esters is 2. The fourth-order valence-electron chi connectivity index (χ4n) is 5.49. The molecule has 4 nitrogen and oxygen atoms in total. The van der Waals surface area contributed by atoms with Crippen molar-refractivity contribution in [1.29, 1.82) is 0 Å². The van der Waals surface area contributed by atoms with Gasteiger partial charge in [-0.05, 0) is 24.0 Å². The van der Waals surface area contributed by atoms with E-state index in [1.807, 2.05) is 12.1 Å². The van der Waals surface area contributed by atoms with Gasteiger partial charge in [-0.25, -0.2) is 0 Å². The Morgan fingerprint density at radius 2 is 1.27 bits per heavy atom. The number of cyclic esters (lactones) is 2. The molecule has 2 fully saturated rings. The average molecular weight is 356 g/mol. The standard InChI is InChI=1S/C22H28O4/c1-3-5-9-13-21-15-11-7-8-12-16(15)22(26-21,14-10-6-4-2)18-17(21)19(23)25-20(18)24/h7-8,11-12,17-18H,3-6,9-10,13-14H2,1-2H3. The summed E-state index contributed by atoms with van der Waals surface area (Å²) in [4.78, 5) is 25.3. The van der Waals surface area contributed by atoms with Crippen LogP contribution in [0.15, 0.2) is 24.3 Å². The van der Waals surface area contributed by atoms with Crippen LogP contribution in [0.2, 0.25) is 0 Å². The monoisotopic (exact) mass is 356 g/mol. The van der Waals surface area contributed by atoms with Crippen LogP contribution >= 0.6 is 0 Å². The van der Waals surface area contributed by atoms with Crippen LogP contribution in [0.3, 0.4) is 0 Å². The highest BCUT2D eigenvalue weighted by molar-refractivity contribution is 5.99. The summed E-state index contributed by atoms with van der Waals surface area (Å²) in [6.07, 6.45) is 7.93. The van der Waals surface area contributed by atoms with Crippen LogP contribution in [0.5, 0.6) is 0 Å². The second-order valence-electron chi connectivity index (χ2n) is 8.04. The van der Waals surface area contributed by atoms with Crippen LogP contribution in [0.25, 0.3) is 0 Å². The summed E-state index contributed by atoms with van der Waals surface area (Å²) in [6.45, 7) is 4.34. The molecule has 0 radical (unpaired) electrons. The third-order valence-corrected chi connectivity index (χ3v) is 6.55. The molecule has 26 heavy (non-hydrogen) atoms. The molecular formula is C22H28O4. The summed E-state index contributed by atoms with van der Waals surface area (Å²) < 4.78 is 11.9. The largest absolute Gasteiger partial charge is 0.393 e. The van der Waals surface area contributed by atoms with Gasteiger partial charge in [0.1, 0.15) is 23.0 Å². The third-order valence-electron chi connectivity index (χ3n) is 6.55. The molecular weight excluding hydrogens is 328 g/mol. The molecule has 2 saturated heterocycles. The van der Waals surface area contributed by atoms with Crippen LogP contribution in [-0.2, 0) is 30.3 Å². The summed E-state index contributed by atoms with van der Waals surface area (Å²) in [5.41, 5.74) is 0.846. The first-order valence-corrected chi connectivity index (χ1v) is 10.2. The van der Waals surface area contributed by atoms with Crippen molar-refractivity contribution in [2.45, 2.75) is 76.4 Å². The topological polar surface area (TPSA) is 52.6 Å². The van der Waals surface area contributed by atoms with E-state index in [4.69, 9.17) is 9.47 Å². The minimum absolute atomic E-state index is 0.386. The van der Waals surface area contributed by atoms with Crippen molar-refractivity contribution in [3.63, 3.8) is 0 Å². The Labute approximate surface area is 155 Å². The molecule has 4 unspecified atom stereocenters. The Hall–Kier alpha value is -1.68. The van der Waals surface area contributed by atoms with Crippen LogP contribution in [0, 0.1) is 11.8 Å². The van der Waals surface area contributed by atoms with Gasteiger partial charge in [0.05, 0.1) is 0 Å². The van der Waals surface area contributed by atoms with Gasteiger partial charge in [0, 0.05) is 0 Å². The number of benzene rings is 1. The smallest absolute Gasteiger partial charge is 0.320 e. The van der Waals surface area contributed by atoms with Crippen molar-refractivity contribution < 1.29 is 19.1 Å². The molecule has 4 rings (SSSR count). The zero-order valence-corrected chi connectivity index (χ0v) is 15.8. The van der Waals surface area contributed by atoms with E-state index >= 15 is 0 Å². The molecule has 3 heterocycles. The number of ether oxygens (including phenoxy) is 2. The lowest BCUT2D eigenvalue weighted by Gasteiger charge is -2.33. The summed E-state index contributed by atoms with van der Waals surface area (Å²) in [6, 6.07) is 8.22. The molecule has 0 aromatic heterocycles. The molecule has 3 aliphatic rings. The Morgan fingerprint density at radius 1 is 0.808 bits per heavy atom. The summed E-state index contributed by atoms with van der Waals surface area (Å²) >= 11 is 0. The second kappa shape index (κ2) is 6.49. The summed E-state index contributed by atoms with van der Waals surface area (Å²) in [5.74, 6) is -1.74. The average Bonchev–Trinajstić information content (AvgIpc) is 3.21. The molecule has 4 heteroatoms. The predicted molar refractivity (Wildman–Crippen MR) is 97.2 cm³/mol. The highest BCUT2D eigenvalue weighted by Gasteiger charge is 2.76. The highest BCUT2D eigenvalue weighted by atomic mass is 16.6. The first kappa shape index (κ1) is 17.7. The van der Waals surface area contributed by atoms with Gasteiger partial charge in [-0.1, -0.05) is 76.6 Å². The van der Waals surface area contributed by atoms with Crippen LogP contribution in [0.4, 0.5) is 0 Å². The maximum atomic E-state index is 12.7. The van der Waals surface area contributed by atoms with Gasteiger partial charge in [-0.15, -0.1) is 0 Å². The minimum Gasteiger partial charge on any atom is -0.393 e. The zero-order chi connectivity index (χ0) is 18.4. The third kappa shape index (κ3) is 2.24. The molecule has 1 aromatic carbocycles. The fraction of sp³-hybridized carbons (Fsp3) is 0.636. The van der Waals surface area contributed by atoms with E-state index < -0.39 is 23.0 Å². The Kier molecular flexibility index (Phi) is 4.42. The van der Waals surface area contributed by atoms with Crippen LogP contribution < -0.4 is 0 Å². The lowest BCUT2D eigenvalue weighted by molar-refractivity contribution is -0.169. The van der Waals surface area contributed by atoms with Gasteiger partial charge >= 0.3 is 11.9 Å². The van der Waals surface area contributed by atoms with E-state index in [1.165, 1.54) is 0 Å². The van der Waals surface area contributed by atoms with Gasteiger partial charge in [0.25, 0.3) is 0 Å². The second-order valence-corrected chi connectivity index (χ2v) is 8.04. The van der Waals surface area contributed by atoms with Gasteiger partial charge < -0.3 is 9.47 Å². The molecule has 2 bridgehead atoms. The minimum atomic E-state index is -0.689. The van der Waals surface area contributed by atoms with E-state index in [0.717, 1.165) is 62.5 Å². The zero-order valence-electron chi connectivity index (χ0n) is 15.8. The van der Waals surface area contributed by atoms with Gasteiger partial charge in [0.2, 0.25) is 0 Å². The number of hydrogen-bond donors (Lipinski definition) is 0. The molecule has 0 spiro atoms. The number of hydrogen-bond acceptors (Lipinski definition) is 4. The van der Waals surface area contributed by atoms with Crippen molar-refractivity contribution in [3.8, 4) is 0 Å². The molecule has 1 aromatic rings. The summed E-state index contributed by atoms with van der Waals surface area (Å²) in [7, 11) is 0. The van der Waals surface area contributed by atoms with Crippen LogP contribution in [-0.4, -0.2) is 11.9 Å². The normalized spacial score (nSPS) is 34.1. The van der Waals surface area contributed by atoms with Crippen molar-refractivity contribution >= 4 is 11.9 Å². The molecule has 3 aliphatic heterocycles. The SMILES string of the molecule is CCCCCC12OC(CCCCC)(c3ccccc31)C1C(=O)OC(=O)C12.